The molecule has 5 nitrogen and oxygen atoms in total. The molecule has 0 aliphatic rings. The van der Waals surface area contributed by atoms with Crippen LogP contribution in [-0.2, 0) is 23.8 Å². The number of carbonyl (C=O) groups is 2. The molecule has 0 spiro atoms. The Morgan fingerprint density at radius 1 is 1.10 bits per heavy atom. The van der Waals surface area contributed by atoms with Crippen LogP contribution in [0.25, 0.3) is 0 Å². The van der Waals surface area contributed by atoms with Crippen LogP contribution < -0.4 is 0 Å². The summed E-state index contributed by atoms with van der Waals surface area (Å²) >= 11 is 0. The van der Waals surface area contributed by atoms with Gasteiger partial charge in [0.1, 0.15) is 0 Å². The molecule has 0 aromatic carbocycles. The summed E-state index contributed by atoms with van der Waals surface area (Å²) in [5, 5.41) is 0. The minimum absolute atomic E-state index is 0.454. The predicted octanol–water partition coefficient (Wildman–Crippen LogP) is 2.04. The van der Waals surface area contributed by atoms with Crippen LogP contribution in [0.2, 0.25) is 0 Å². The van der Waals surface area contributed by atoms with Crippen LogP contribution in [0.5, 0.6) is 0 Å². The molecule has 0 saturated heterocycles. The third kappa shape index (κ3) is 4.91. The zero-order valence-electron chi connectivity index (χ0n) is 10.8. The number of hydrogen-bond acceptors (Lipinski definition) is 5. The number of carbonyl (C=O) groups excluding carboxylic acids is 2. The normalized spacial score (nSPS) is 15.4. The molecule has 10 heteroatoms. The predicted molar refractivity (Wildman–Crippen MR) is 53.8 cm³/mol. The van der Waals surface area contributed by atoms with Crippen LogP contribution in [-0.4, -0.2) is 43.5 Å². The van der Waals surface area contributed by atoms with E-state index in [2.05, 4.69) is 14.2 Å². The van der Waals surface area contributed by atoms with Gasteiger partial charge in [0, 0.05) is 13.3 Å². The maximum absolute atomic E-state index is 12.9. The fourth-order valence-corrected chi connectivity index (χ4v) is 1.10. The Balaban J connectivity index is 5.30. The van der Waals surface area contributed by atoms with Gasteiger partial charge in [0.2, 0.25) is 5.92 Å². The fourth-order valence-electron chi connectivity index (χ4n) is 1.10. The number of halogens is 5. The fraction of sp³-hybridized carbons (Fsp3) is 0.800. The van der Waals surface area contributed by atoms with E-state index in [1.807, 2.05) is 0 Å². The molecular weight excluding hydrogens is 295 g/mol. The number of hydrogen-bond donors (Lipinski definition) is 0. The van der Waals surface area contributed by atoms with E-state index >= 15 is 0 Å². The van der Waals surface area contributed by atoms with Crippen LogP contribution in [0.4, 0.5) is 22.0 Å². The Kier molecular flexibility index (Phi) is 5.87. The first kappa shape index (κ1) is 18.6. The molecule has 0 heterocycles. The van der Waals surface area contributed by atoms with Gasteiger partial charge < -0.3 is 14.2 Å². The van der Waals surface area contributed by atoms with Gasteiger partial charge >= 0.3 is 23.9 Å². The van der Waals surface area contributed by atoms with Gasteiger partial charge in [-0.3, -0.25) is 4.79 Å². The first-order valence-corrected chi connectivity index (χ1v) is 5.22. The second-order valence-corrected chi connectivity index (χ2v) is 3.87. The van der Waals surface area contributed by atoms with Gasteiger partial charge in [-0.15, -0.1) is 0 Å². The summed E-state index contributed by atoms with van der Waals surface area (Å²) in [6.07, 6.45) is -6.60. The van der Waals surface area contributed by atoms with Crippen molar-refractivity contribution < 1.29 is 45.8 Å². The molecule has 0 radical (unpaired) electrons. The molecule has 0 N–H and O–H groups in total. The number of esters is 2. The van der Waals surface area contributed by atoms with Crippen molar-refractivity contribution in [3.05, 3.63) is 0 Å². The molecule has 0 bridgehead atoms. The van der Waals surface area contributed by atoms with Crippen LogP contribution in [0.15, 0.2) is 0 Å². The summed E-state index contributed by atoms with van der Waals surface area (Å²) in [5.74, 6) is -10.9. The smallest absolute Gasteiger partial charge is 0.464 e. The average Bonchev–Trinajstić information content (AvgIpc) is 2.22. The van der Waals surface area contributed by atoms with Crippen molar-refractivity contribution in [2.45, 2.75) is 38.2 Å². The molecule has 20 heavy (non-hydrogen) atoms. The maximum Gasteiger partial charge on any atom is 0.468 e. The van der Waals surface area contributed by atoms with Crippen LogP contribution in [0, 0.1) is 0 Å². The molecule has 0 rings (SSSR count). The van der Waals surface area contributed by atoms with E-state index in [0.29, 0.717) is 21.0 Å². The molecule has 1 atom stereocenters. The number of methoxy groups -OCH3 is 1. The van der Waals surface area contributed by atoms with Crippen molar-refractivity contribution in [1.82, 2.24) is 0 Å². The molecule has 0 aliphatic carbocycles. The van der Waals surface area contributed by atoms with Crippen LogP contribution in [0.3, 0.4) is 0 Å². The van der Waals surface area contributed by atoms with Gasteiger partial charge in [-0.25, -0.2) is 13.6 Å². The summed E-state index contributed by atoms with van der Waals surface area (Å²) in [4.78, 5) is 22.0. The Morgan fingerprint density at radius 2 is 1.60 bits per heavy atom. The van der Waals surface area contributed by atoms with Crippen LogP contribution >= 0.6 is 0 Å². The molecule has 0 amide bonds. The van der Waals surface area contributed by atoms with E-state index in [0.717, 1.165) is 0 Å². The van der Waals surface area contributed by atoms with Gasteiger partial charge in [0.05, 0.1) is 13.7 Å². The van der Waals surface area contributed by atoms with Crippen molar-refractivity contribution in [2.24, 2.45) is 0 Å². The van der Waals surface area contributed by atoms with Gasteiger partial charge in [-0.2, -0.15) is 13.2 Å². The number of ether oxygens (including phenoxy) is 3. The highest BCUT2D eigenvalue weighted by Gasteiger charge is 2.67. The first-order chi connectivity index (χ1) is 8.85. The minimum Gasteiger partial charge on any atom is -0.464 e. The Labute approximate surface area is 111 Å². The zero-order chi connectivity index (χ0) is 16.2. The lowest BCUT2D eigenvalue weighted by molar-refractivity contribution is -0.355. The van der Waals surface area contributed by atoms with E-state index in [1.165, 1.54) is 0 Å². The highest BCUT2D eigenvalue weighted by molar-refractivity contribution is 5.82. The highest BCUT2D eigenvalue weighted by atomic mass is 19.4. The number of rotatable bonds is 6. The lowest BCUT2D eigenvalue weighted by Gasteiger charge is -2.31. The minimum atomic E-state index is -5.49. The van der Waals surface area contributed by atoms with Crippen LogP contribution in [0.1, 0.15) is 20.3 Å². The highest BCUT2D eigenvalue weighted by Crippen LogP contribution is 2.37. The van der Waals surface area contributed by atoms with Gasteiger partial charge in [0.25, 0.3) is 0 Å². The van der Waals surface area contributed by atoms with E-state index < -0.39 is 42.9 Å². The largest absolute Gasteiger partial charge is 0.468 e. The standard InChI is InChI=1S/C10H13F5O5/c1-6(16)20-9(7(17)18-3,10(13,14)15)19-5-4-8(2,11)12/h4-5H2,1-3H3. The summed E-state index contributed by atoms with van der Waals surface area (Å²) in [6, 6.07) is 0. The lowest BCUT2D eigenvalue weighted by Crippen LogP contribution is -2.58. The third-order valence-electron chi connectivity index (χ3n) is 1.96. The first-order valence-electron chi connectivity index (χ1n) is 5.22. The second kappa shape index (κ2) is 6.33. The topological polar surface area (TPSA) is 61.8 Å². The van der Waals surface area contributed by atoms with Crippen molar-refractivity contribution in [3.8, 4) is 0 Å². The second-order valence-electron chi connectivity index (χ2n) is 3.87. The van der Waals surface area contributed by atoms with Gasteiger partial charge in [0.15, 0.2) is 0 Å². The van der Waals surface area contributed by atoms with Gasteiger partial charge in [-0.05, 0) is 6.92 Å². The summed E-state index contributed by atoms with van der Waals surface area (Å²) in [6.45, 7) is -0.123. The van der Waals surface area contributed by atoms with Gasteiger partial charge in [-0.1, -0.05) is 0 Å². The Bertz CT molecular complexity index is 362. The quantitative estimate of drug-likeness (QED) is 0.427. The van der Waals surface area contributed by atoms with E-state index in [-0.39, 0.29) is 0 Å². The lowest BCUT2D eigenvalue weighted by atomic mass is 10.2. The van der Waals surface area contributed by atoms with Crippen molar-refractivity contribution in [3.63, 3.8) is 0 Å². The summed E-state index contributed by atoms with van der Waals surface area (Å²) in [7, 11) is 0.601. The zero-order valence-corrected chi connectivity index (χ0v) is 10.8. The molecular formula is C10H13F5O5. The number of alkyl halides is 5. The molecule has 0 aliphatic heterocycles. The third-order valence-corrected chi connectivity index (χ3v) is 1.96. The van der Waals surface area contributed by atoms with Crippen molar-refractivity contribution in [1.29, 1.82) is 0 Å². The van der Waals surface area contributed by atoms with Crippen molar-refractivity contribution in [2.75, 3.05) is 13.7 Å². The SMILES string of the molecule is COC(=O)C(OCCC(C)(F)F)(OC(C)=O)C(F)(F)F. The molecule has 0 saturated carbocycles. The monoisotopic (exact) mass is 308 g/mol. The molecule has 0 aromatic heterocycles. The Hall–Kier alpha value is -1.45. The molecule has 1 unspecified atom stereocenters. The van der Waals surface area contributed by atoms with E-state index in [4.69, 9.17) is 0 Å². The molecule has 118 valence electrons. The molecule has 0 aromatic rings. The molecule has 0 fully saturated rings. The summed E-state index contributed by atoms with van der Waals surface area (Å²) < 4.78 is 75.7. The Morgan fingerprint density at radius 3 is 1.90 bits per heavy atom. The maximum atomic E-state index is 12.9. The average molecular weight is 308 g/mol. The van der Waals surface area contributed by atoms with Crippen molar-refractivity contribution >= 4 is 11.9 Å². The summed E-state index contributed by atoms with van der Waals surface area (Å²) in [5.41, 5.74) is 0. The van der Waals surface area contributed by atoms with E-state index in [9.17, 15) is 31.5 Å². The van der Waals surface area contributed by atoms with E-state index in [1.54, 1.807) is 0 Å².